The molecule has 0 atom stereocenters. The minimum absolute atomic E-state index is 0.0672. The van der Waals surface area contributed by atoms with Crippen LogP contribution in [0.2, 0.25) is 0 Å². The van der Waals surface area contributed by atoms with Gasteiger partial charge in [-0.25, -0.2) is 9.97 Å². The number of nitrogens with zero attached hydrogens (tertiary/aromatic N) is 3. The number of fused-ring (bicyclic) bond motifs is 1. The van der Waals surface area contributed by atoms with E-state index in [-0.39, 0.29) is 18.0 Å². The Hall–Kier alpha value is -2.54. The van der Waals surface area contributed by atoms with Gasteiger partial charge in [0.05, 0.1) is 11.0 Å². The first-order valence-corrected chi connectivity index (χ1v) is 7.18. The zero-order valence-electron chi connectivity index (χ0n) is 11.2. The maximum absolute atomic E-state index is 12.2. The molecule has 2 heterocycles. The number of rotatable bonds is 3. The Labute approximate surface area is 124 Å². The van der Waals surface area contributed by atoms with Gasteiger partial charge < -0.3 is 5.32 Å². The van der Waals surface area contributed by atoms with E-state index in [2.05, 4.69) is 15.3 Å². The number of hydrogen-bond donors (Lipinski definition) is 1. The first-order valence-electron chi connectivity index (χ1n) is 6.30. The lowest BCUT2D eigenvalue weighted by Crippen LogP contribution is -2.30. The summed E-state index contributed by atoms with van der Waals surface area (Å²) in [7, 11) is 0. The van der Waals surface area contributed by atoms with E-state index in [1.54, 1.807) is 24.6 Å². The lowest BCUT2D eigenvalue weighted by molar-refractivity contribution is -0.116. The van der Waals surface area contributed by atoms with Crippen molar-refractivity contribution in [1.82, 2.24) is 14.5 Å². The summed E-state index contributed by atoms with van der Waals surface area (Å²) in [6.45, 7) is 1.58. The second kappa shape index (κ2) is 5.45. The number of amides is 1. The molecule has 0 radical (unpaired) electrons. The quantitative estimate of drug-likeness (QED) is 0.800. The number of anilines is 1. The van der Waals surface area contributed by atoms with Gasteiger partial charge in [-0.3, -0.25) is 14.2 Å². The van der Waals surface area contributed by atoms with Crippen molar-refractivity contribution < 1.29 is 4.79 Å². The Balaban J connectivity index is 1.98. The van der Waals surface area contributed by atoms with Gasteiger partial charge in [0.2, 0.25) is 5.91 Å². The summed E-state index contributed by atoms with van der Waals surface area (Å²) < 4.78 is 1.43. The third-order valence-corrected chi connectivity index (χ3v) is 3.68. The highest BCUT2D eigenvalue weighted by atomic mass is 32.1. The number of para-hydroxylation sites is 2. The molecule has 1 aromatic carbocycles. The summed E-state index contributed by atoms with van der Waals surface area (Å²) in [5, 5.41) is 4.96. The van der Waals surface area contributed by atoms with Gasteiger partial charge in [0.1, 0.15) is 12.2 Å². The van der Waals surface area contributed by atoms with E-state index in [4.69, 9.17) is 0 Å². The van der Waals surface area contributed by atoms with E-state index in [0.717, 1.165) is 0 Å². The molecule has 0 aliphatic carbocycles. The predicted molar refractivity (Wildman–Crippen MR) is 81.5 cm³/mol. The van der Waals surface area contributed by atoms with Gasteiger partial charge in [-0.2, -0.15) is 0 Å². The second-order valence-corrected chi connectivity index (χ2v) is 5.36. The molecule has 0 saturated heterocycles. The third-order valence-electron chi connectivity index (χ3n) is 3.00. The summed E-state index contributed by atoms with van der Waals surface area (Å²) in [6, 6.07) is 7.25. The Morgan fingerprint density at radius 2 is 2.19 bits per heavy atom. The number of aromatic nitrogens is 3. The highest BCUT2D eigenvalue weighted by molar-refractivity contribution is 7.13. The minimum atomic E-state index is -0.289. The Bertz CT molecular complexity index is 855. The van der Waals surface area contributed by atoms with Crippen LogP contribution in [0.5, 0.6) is 0 Å². The standard InChI is InChI=1S/C14H12N4O2S/c1-9-13(20)18(11-5-3-2-4-10(11)16-9)8-12(19)17-14-15-6-7-21-14/h2-7H,8H2,1H3,(H,15,17,19). The zero-order valence-corrected chi connectivity index (χ0v) is 12.1. The van der Waals surface area contributed by atoms with E-state index >= 15 is 0 Å². The van der Waals surface area contributed by atoms with E-state index in [1.165, 1.54) is 15.9 Å². The molecule has 21 heavy (non-hydrogen) atoms. The molecule has 7 heteroatoms. The van der Waals surface area contributed by atoms with Crippen LogP contribution in [0.15, 0.2) is 40.6 Å². The fourth-order valence-electron chi connectivity index (χ4n) is 2.06. The van der Waals surface area contributed by atoms with Gasteiger partial charge in [-0.05, 0) is 19.1 Å². The Kier molecular flexibility index (Phi) is 3.49. The van der Waals surface area contributed by atoms with E-state index < -0.39 is 0 Å². The Morgan fingerprint density at radius 1 is 1.38 bits per heavy atom. The van der Waals surface area contributed by atoms with Crippen LogP contribution in [0.4, 0.5) is 5.13 Å². The van der Waals surface area contributed by atoms with Gasteiger partial charge in [-0.1, -0.05) is 12.1 Å². The van der Waals surface area contributed by atoms with Gasteiger partial charge in [0.25, 0.3) is 5.56 Å². The number of carbonyl (C=O) groups excluding carboxylic acids is 1. The Morgan fingerprint density at radius 3 is 2.95 bits per heavy atom. The van der Waals surface area contributed by atoms with Crippen molar-refractivity contribution in [3.8, 4) is 0 Å². The molecule has 0 aliphatic heterocycles. The molecule has 0 aliphatic rings. The fourth-order valence-corrected chi connectivity index (χ4v) is 2.61. The van der Waals surface area contributed by atoms with E-state index in [9.17, 15) is 9.59 Å². The predicted octanol–water partition coefficient (Wildman–Crippen LogP) is 1.80. The van der Waals surface area contributed by atoms with Crippen LogP contribution in [0.1, 0.15) is 5.69 Å². The molecule has 3 aromatic rings. The van der Waals surface area contributed by atoms with Crippen LogP contribution in [0, 0.1) is 6.92 Å². The van der Waals surface area contributed by atoms with Crippen molar-refractivity contribution in [3.63, 3.8) is 0 Å². The van der Waals surface area contributed by atoms with Crippen molar-refractivity contribution in [2.24, 2.45) is 0 Å². The van der Waals surface area contributed by atoms with E-state index in [1.807, 2.05) is 18.2 Å². The first kappa shape index (κ1) is 13.4. The number of nitrogens with one attached hydrogen (secondary N) is 1. The molecule has 106 valence electrons. The molecule has 0 bridgehead atoms. The fraction of sp³-hybridized carbons (Fsp3) is 0.143. The lowest BCUT2D eigenvalue weighted by Gasteiger charge is -2.10. The van der Waals surface area contributed by atoms with E-state index in [0.29, 0.717) is 21.9 Å². The molecule has 0 unspecified atom stereocenters. The molecule has 3 rings (SSSR count). The maximum Gasteiger partial charge on any atom is 0.272 e. The van der Waals surface area contributed by atoms with Gasteiger partial charge in [0.15, 0.2) is 5.13 Å². The second-order valence-electron chi connectivity index (χ2n) is 4.46. The minimum Gasteiger partial charge on any atom is -0.300 e. The zero-order chi connectivity index (χ0) is 14.8. The monoisotopic (exact) mass is 300 g/mol. The lowest BCUT2D eigenvalue weighted by atomic mass is 10.2. The highest BCUT2D eigenvalue weighted by Gasteiger charge is 2.12. The van der Waals surface area contributed by atoms with Crippen LogP contribution in [0.3, 0.4) is 0 Å². The number of hydrogen-bond acceptors (Lipinski definition) is 5. The summed E-state index contributed by atoms with van der Waals surface area (Å²) in [6.07, 6.45) is 1.61. The van der Waals surface area contributed by atoms with Crippen molar-refractivity contribution in [1.29, 1.82) is 0 Å². The average Bonchev–Trinajstić information content (AvgIpc) is 2.96. The molecular formula is C14H12N4O2S. The SMILES string of the molecule is Cc1nc2ccccc2n(CC(=O)Nc2nccs2)c1=O. The maximum atomic E-state index is 12.2. The van der Waals surface area contributed by atoms with Crippen LogP contribution in [-0.2, 0) is 11.3 Å². The third kappa shape index (κ3) is 2.68. The molecule has 1 N–H and O–H groups in total. The smallest absolute Gasteiger partial charge is 0.272 e. The van der Waals surface area contributed by atoms with Crippen LogP contribution < -0.4 is 10.9 Å². The summed E-state index contributed by atoms with van der Waals surface area (Å²) in [5.41, 5.74) is 1.44. The average molecular weight is 300 g/mol. The van der Waals surface area contributed by atoms with Crippen LogP contribution in [0.25, 0.3) is 11.0 Å². The van der Waals surface area contributed by atoms with Crippen molar-refractivity contribution >= 4 is 33.4 Å². The molecular weight excluding hydrogens is 288 g/mol. The molecule has 1 amide bonds. The molecule has 0 saturated carbocycles. The van der Waals surface area contributed by atoms with Gasteiger partial charge >= 0.3 is 0 Å². The van der Waals surface area contributed by atoms with Crippen molar-refractivity contribution in [3.05, 3.63) is 51.9 Å². The number of aryl methyl sites for hydroxylation is 1. The van der Waals surface area contributed by atoms with Crippen LogP contribution >= 0.6 is 11.3 Å². The van der Waals surface area contributed by atoms with Crippen LogP contribution in [-0.4, -0.2) is 20.4 Å². The van der Waals surface area contributed by atoms with Crippen molar-refractivity contribution in [2.75, 3.05) is 5.32 Å². The van der Waals surface area contributed by atoms with Gasteiger partial charge in [0, 0.05) is 11.6 Å². The highest BCUT2D eigenvalue weighted by Crippen LogP contribution is 2.12. The topological polar surface area (TPSA) is 76.9 Å². The summed E-state index contributed by atoms with van der Waals surface area (Å²) >= 11 is 1.33. The molecule has 2 aromatic heterocycles. The normalized spacial score (nSPS) is 10.7. The summed E-state index contributed by atoms with van der Waals surface area (Å²) in [5.74, 6) is -0.289. The van der Waals surface area contributed by atoms with Gasteiger partial charge in [-0.15, -0.1) is 11.3 Å². The number of carbonyl (C=O) groups is 1. The summed E-state index contributed by atoms with van der Waals surface area (Å²) in [4.78, 5) is 32.5. The first-order chi connectivity index (χ1) is 10.1. The molecule has 0 spiro atoms. The number of benzene rings is 1. The number of thiazole rings is 1. The van der Waals surface area contributed by atoms with Crippen molar-refractivity contribution in [2.45, 2.75) is 13.5 Å². The molecule has 0 fully saturated rings. The largest absolute Gasteiger partial charge is 0.300 e. The molecule has 6 nitrogen and oxygen atoms in total.